The zero-order valence-electron chi connectivity index (χ0n) is 12.8. The number of hydrogen-bond donors (Lipinski definition) is 1. The van der Waals surface area contributed by atoms with Crippen molar-refractivity contribution in [1.82, 2.24) is 4.98 Å². The third-order valence-electron chi connectivity index (χ3n) is 3.62. The molecular formula is C20H18N2O. The fraction of sp³-hybridized carbons (Fsp3) is 0.100. The topological polar surface area (TPSA) is 42.0 Å². The molecule has 0 fully saturated rings. The number of hydrogen-bond acceptors (Lipinski definition) is 2. The molecule has 0 atom stereocenters. The van der Waals surface area contributed by atoms with Crippen molar-refractivity contribution < 1.29 is 4.79 Å². The summed E-state index contributed by atoms with van der Waals surface area (Å²) in [5.74, 6) is 0.566. The maximum atomic E-state index is 12.0. The highest BCUT2D eigenvalue weighted by Gasteiger charge is 2.04. The summed E-state index contributed by atoms with van der Waals surface area (Å²) in [4.78, 5) is 16.3. The van der Waals surface area contributed by atoms with Gasteiger partial charge in [0.15, 0.2) is 0 Å². The third kappa shape index (κ3) is 4.27. The molecule has 1 N–H and O–H groups in total. The van der Waals surface area contributed by atoms with E-state index in [0.717, 1.165) is 23.1 Å². The van der Waals surface area contributed by atoms with Gasteiger partial charge in [0.2, 0.25) is 5.91 Å². The highest BCUT2D eigenvalue weighted by atomic mass is 16.1. The van der Waals surface area contributed by atoms with Gasteiger partial charge in [0, 0.05) is 18.2 Å². The summed E-state index contributed by atoms with van der Waals surface area (Å²) in [5.41, 5.74) is 3.31. The Morgan fingerprint density at radius 1 is 0.826 bits per heavy atom. The van der Waals surface area contributed by atoms with E-state index in [2.05, 4.69) is 10.3 Å². The number of nitrogens with zero attached hydrogens (tertiary/aromatic N) is 1. The lowest BCUT2D eigenvalue weighted by Crippen LogP contribution is -2.13. The summed E-state index contributed by atoms with van der Waals surface area (Å²) in [6.45, 7) is 0. The fourth-order valence-electron chi connectivity index (χ4n) is 2.38. The first-order chi connectivity index (χ1) is 11.3. The Morgan fingerprint density at radius 3 is 2.17 bits per heavy atom. The van der Waals surface area contributed by atoms with Gasteiger partial charge in [0.05, 0.1) is 0 Å². The Hall–Kier alpha value is -2.94. The van der Waals surface area contributed by atoms with Crippen LogP contribution in [0.15, 0.2) is 79.0 Å². The third-order valence-corrected chi connectivity index (χ3v) is 3.62. The predicted octanol–water partition coefficient (Wildman–Crippen LogP) is 4.32. The smallest absolute Gasteiger partial charge is 0.225 e. The van der Waals surface area contributed by atoms with Crippen molar-refractivity contribution in [1.29, 1.82) is 0 Å². The molecule has 0 radical (unpaired) electrons. The summed E-state index contributed by atoms with van der Waals surface area (Å²) >= 11 is 0. The van der Waals surface area contributed by atoms with Crippen LogP contribution in [0.4, 0.5) is 5.82 Å². The van der Waals surface area contributed by atoms with Crippen LogP contribution in [0, 0.1) is 0 Å². The summed E-state index contributed by atoms with van der Waals surface area (Å²) in [5, 5.41) is 2.84. The summed E-state index contributed by atoms with van der Waals surface area (Å²) in [7, 11) is 0. The Morgan fingerprint density at radius 2 is 1.52 bits per heavy atom. The first-order valence-electron chi connectivity index (χ1n) is 7.66. The molecule has 1 amide bonds. The molecule has 0 aliphatic rings. The van der Waals surface area contributed by atoms with Gasteiger partial charge in [-0.2, -0.15) is 0 Å². The molecule has 114 valence electrons. The fourth-order valence-corrected chi connectivity index (χ4v) is 2.38. The van der Waals surface area contributed by atoms with E-state index in [1.54, 1.807) is 6.20 Å². The minimum Gasteiger partial charge on any atom is -0.311 e. The van der Waals surface area contributed by atoms with Crippen molar-refractivity contribution in [3.05, 3.63) is 84.6 Å². The predicted molar refractivity (Wildman–Crippen MR) is 93.1 cm³/mol. The van der Waals surface area contributed by atoms with Crippen LogP contribution in [-0.2, 0) is 11.2 Å². The number of pyridine rings is 1. The van der Waals surface area contributed by atoms with Crippen LogP contribution in [0.25, 0.3) is 11.1 Å². The van der Waals surface area contributed by atoms with Gasteiger partial charge in [-0.05, 0) is 29.7 Å². The molecule has 23 heavy (non-hydrogen) atoms. The number of nitrogens with one attached hydrogen (secondary N) is 1. The van der Waals surface area contributed by atoms with Crippen LogP contribution < -0.4 is 5.32 Å². The van der Waals surface area contributed by atoms with E-state index in [-0.39, 0.29) is 5.91 Å². The Balaban J connectivity index is 1.57. The quantitative estimate of drug-likeness (QED) is 0.762. The number of carbonyl (C=O) groups is 1. The van der Waals surface area contributed by atoms with Crippen molar-refractivity contribution >= 4 is 11.7 Å². The standard InChI is InChI=1S/C20H18N2O/c23-20(14-11-16-7-3-1-4-8-16)22-19-13-12-18(15-21-19)17-9-5-2-6-10-17/h1-10,12-13,15H,11,14H2,(H,21,22,23). The molecule has 1 heterocycles. The largest absolute Gasteiger partial charge is 0.311 e. The number of carbonyl (C=O) groups excluding carboxylic acids is 1. The number of aryl methyl sites for hydroxylation is 1. The van der Waals surface area contributed by atoms with Gasteiger partial charge in [0.1, 0.15) is 5.82 Å². The van der Waals surface area contributed by atoms with Gasteiger partial charge in [-0.3, -0.25) is 4.79 Å². The second-order valence-corrected chi connectivity index (χ2v) is 5.33. The van der Waals surface area contributed by atoms with Crippen molar-refractivity contribution in [3.8, 4) is 11.1 Å². The second kappa shape index (κ2) is 7.36. The minimum absolute atomic E-state index is 0.0196. The van der Waals surface area contributed by atoms with E-state index >= 15 is 0 Å². The van der Waals surface area contributed by atoms with E-state index in [4.69, 9.17) is 0 Å². The molecular weight excluding hydrogens is 284 g/mol. The molecule has 0 saturated heterocycles. The molecule has 0 unspecified atom stereocenters. The molecule has 0 aliphatic carbocycles. The van der Waals surface area contributed by atoms with Crippen molar-refractivity contribution in [2.75, 3.05) is 5.32 Å². The summed E-state index contributed by atoms with van der Waals surface area (Å²) in [6.07, 6.45) is 2.96. The van der Waals surface area contributed by atoms with Crippen LogP contribution >= 0.6 is 0 Å². The lowest BCUT2D eigenvalue weighted by molar-refractivity contribution is -0.116. The monoisotopic (exact) mass is 302 g/mol. The van der Waals surface area contributed by atoms with E-state index in [9.17, 15) is 4.79 Å². The lowest BCUT2D eigenvalue weighted by Gasteiger charge is -2.06. The first-order valence-corrected chi connectivity index (χ1v) is 7.66. The van der Waals surface area contributed by atoms with Gasteiger partial charge in [-0.1, -0.05) is 60.7 Å². The summed E-state index contributed by atoms with van der Waals surface area (Å²) < 4.78 is 0. The molecule has 3 aromatic rings. The Labute approximate surface area is 136 Å². The number of benzene rings is 2. The second-order valence-electron chi connectivity index (χ2n) is 5.33. The lowest BCUT2D eigenvalue weighted by atomic mass is 10.1. The van der Waals surface area contributed by atoms with Gasteiger partial charge < -0.3 is 5.32 Å². The van der Waals surface area contributed by atoms with Crippen LogP contribution in [0.2, 0.25) is 0 Å². The normalized spacial score (nSPS) is 10.3. The van der Waals surface area contributed by atoms with Crippen LogP contribution in [0.3, 0.4) is 0 Å². The molecule has 0 saturated carbocycles. The molecule has 3 rings (SSSR count). The molecule has 0 aliphatic heterocycles. The molecule has 2 aromatic carbocycles. The van der Waals surface area contributed by atoms with Crippen LogP contribution in [0.5, 0.6) is 0 Å². The number of amides is 1. The van der Waals surface area contributed by atoms with E-state index in [1.165, 1.54) is 0 Å². The number of rotatable bonds is 5. The van der Waals surface area contributed by atoms with Crippen LogP contribution in [0.1, 0.15) is 12.0 Å². The van der Waals surface area contributed by atoms with Gasteiger partial charge in [-0.15, -0.1) is 0 Å². The maximum absolute atomic E-state index is 12.0. The SMILES string of the molecule is O=C(CCc1ccccc1)Nc1ccc(-c2ccccc2)cn1. The molecule has 0 spiro atoms. The van der Waals surface area contributed by atoms with Gasteiger partial charge in [0.25, 0.3) is 0 Å². The van der Waals surface area contributed by atoms with Crippen molar-refractivity contribution in [2.24, 2.45) is 0 Å². The maximum Gasteiger partial charge on any atom is 0.225 e. The highest BCUT2D eigenvalue weighted by Crippen LogP contribution is 2.19. The van der Waals surface area contributed by atoms with E-state index in [0.29, 0.717) is 12.2 Å². The number of aromatic nitrogens is 1. The highest BCUT2D eigenvalue weighted by molar-refractivity contribution is 5.90. The Kier molecular flexibility index (Phi) is 4.79. The van der Waals surface area contributed by atoms with Crippen molar-refractivity contribution in [2.45, 2.75) is 12.8 Å². The van der Waals surface area contributed by atoms with E-state index < -0.39 is 0 Å². The molecule has 3 heteroatoms. The first kappa shape index (κ1) is 15.0. The van der Waals surface area contributed by atoms with Gasteiger partial charge >= 0.3 is 0 Å². The molecule has 3 nitrogen and oxygen atoms in total. The van der Waals surface area contributed by atoms with Crippen molar-refractivity contribution in [3.63, 3.8) is 0 Å². The van der Waals surface area contributed by atoms with Crippen LogP contribution in [-0.4, -0.2) is 10.9 Å². The average Bonchev–Trinajstić information content (AvgIpc) is 2.62. The Bertz CT molecular complexity index is 753. The zero-order valence-corrected chi connectivity index (χ0v) is 12.8. The van der Waals surface area contributed by atoms with E-state index in [1.807, 2.05) is 72.8 Å². The minimum atomic E-state index is -0.0196. The molecule has 0 bridgehead atoms. The zero-order chi connectivity index (χ0) is 15.9. The summed E-state index contributed by atoms with van der Waals surface area (Å²) in [6, 6.07) is 23.8. The molecule has 1 aromatic heterocycles. The number of anilines is 1. The van der Waals surface area contributed by atoms with Gasteiger partial charge in [-0.25, -0.2) is 4.98 Å². The average molecular weight is 302 g/mol.